The number of carbonyl (C=O) groups excluding carboxylic acids is 1. The highest BCUT2D eigenvalue weighted by atomic mass is 16.3. The van der Waals surface area contributed by atoms with E-state index in [4.69, 9.17) is 0 Å². The lowest BCUT2D eigenvalue weighted by molar-refractivity contribution is -0.130. The van der Waals surface area contributed by atoms with Gasteiger partial charge < -0.3 is 20.0 Å². The molecule has 110 valence electrons. The van der Waals surface area contributed by atoms with Crippen molar-refractivity contribution < 1.29 is 15.0 Å². The molecule has 0 radical (unpaired) electrons. The van der Waals surface area contributed by atoms with E-state index in [9.17, 15) is 15.0 Å². The van der Waals surface area contributed by atoms with E-state index >= 15 is 0 Å². The first-order valence-electron chi connectivity index (χ1n) is 6.87. The number of anilines is 1. The van der Waals surface area contributed by atoms with Crippen LogP contribution in [0.5, 0.6) is 0 Å². The SMILES string of the molecule is CN(C)c1ccc(CCC(=O)N2C[C@@H](O)[C@@H](O)C2)cc1. The maximum atomic E-state index is 12.0. The first-order chi connectivity index (χ1) is 9.47. The maximum Gasteiger partial charge on any atom is 0.223 e. The van der Waals surface area contributed by atoms with Gasteiger partial charge in [-0.3, -0.25) is 4.79 Å². The summed E-state index contributed by atoms with van der Waals surface area (Å²) < 4.78 is 0. The minimum absolute atomic E-state index is 0.0164. The molecule has 1 aromatic carbocycles. The predicted octanol–water partition coefficient (Wildman–Crippen LogP) is 0.249. The molecule has 0 bridgehead atoms. The second-order valence-corrected chi connectivity index (χ2v) is 5.49. The molecule has 5 heteroatoms. The van der Waals surface area contributed by atoms with Gasteiger partial charge in [-0.1, -0.05) is 12.1 Å². The fourth-order valence-electron chi connectivity index (χ4n) is 2.34. The number of hydrogen-bond donors (Lipinski definition) is 2. The van der Waals surface area contributed by atoms with Gasteiger partial charge in [0, 0.05) is 39.3 Å². The number of likely N-dealkylation sites (tertiary alicyclic amines) is 1. The molecule has 5 nitrogen and oxygen atoms in total. The van der Waals surface area contributed by atoms with Gasteiger partial charge in [-0.2, -0.15) is 0 Å². The van der Waals surface area contributed by atoms with E-state index in [0.29, 0.717) is 12.8 Å². The smallest absolute Gasteiger partial charge is 0.223 e. The molecule has 1 amide bonds. The normalized spacial score (nSPS) is 22.1. The Hall–Kier alpha value is -1.59. The molecule has 1 aliphatic rings. The monoisotopic (exact) mass is 278 g/mol. The van der Waals surface area contributed by atoms with Crippen LogP contribution < -0.4 is 4.90 Å². The third-order valence-corrected chi connectivity index (χ3v) is 3.69. The second-order valence-electron chi connectivity index (χ2n) is 5.49. The molecule has 0 unspecified atom stereocenters. The first kappa shape index (κ1) is 14.8. The van der Waals surface area contributed by atoms with Crippen molar-refractivity contribution in [2.24, 2.45) is 0 Å². The van der Waals surface area contributed by atoms with E-state index in [1.54, 1.807) is 0 Å². The van der Waals surface area contributed by atoms with Gasteiger partial charge in [-0.25, -0.2) is 0 Å². The van der Waals surface area contributed by atoms with Gasteiger partial charge in [0.15, 0.2) is 0 Å². The summed E-state index contributed by atoms with van der Waals surface area (Å²) in [4.78, 5) is 15.5. The zero-order valence-corrected chi connectivity index (χ0v) is 12.0. The molecule has 1 fully saturated rings. The summed E-state index contributed by atoms with van der Waals surface area (Å²) in [7, 11) is 3.98. The lowest BCUT2D eigenvalue weighted by Gasteiger charge is -2.15. The maximum absolute atomic E-state index is 12.0. The van der Waals surface area contributed by atoms with Crippen molar-refractivity contribution in [3.63, 3.8) is 0 Å². The standard InChI is InChI=1S/C15H22N2O3/c1-16(2)12-6-3-11(4-7-12)5-8-15(20)17-9-13(18)14(19)10-17/h3-4,6-7,13-14,18-19H,5,8-10H2,1-2H3/t13-,14+. The fourth-order valence-corrected chi connectivity index (χ4v) is 2.34. The number of β-amino-alcohol motifs (C(OH)–C–C–N with tert-alkyl or cyclic N) is 2. The molecule has 0 aliphatic carbocycles. The van der Waals surface area contributed by atoms with Crippen LogP contribution in [0.25, 0.3) is 0 Å². The highest BCUT2D eigenvalue weighted by molar-refractivity contribution is 5.77. The Morgan fingerprint density at radius 3 is 2.25 bits per heavy atom. The number of aliphatic hydroxyl groups is 2. The minimum atomic E-state index is -0.807. The van der Waals surface area contributed by atoms with Gasteiger partial charge in [0.1, 0.15) is 0 Å². The van der Waals surface area contributed by atoms with Crippen molar-refractivity contribution in [2.75, 3.05) is 32.1 Å². The van der Waals surface area contributed by atoms with Gasteiger partial charge in [0.25, 0.3) is 0 Å². The molecule has 2 rings (SSSR count). The molecule has 20 heavy (non-hydrogen) atoms. The Kier molecular flexibility index (Phi) is 4.62. The van der Waals surface area contributed by atoms with Crippen LogP contribution in [0, 0.1) is 0 Å². The molecule has 0 spiro atoms. The highest BCUT2D eigenvalue weighted by Gasteiger charge is 2.31. The summed E-state index contributed by atoms with van der Waals surface area (Å²) in [5, 5.41) is 18.9. The Labute approximate surface area is 119 Å². The van der Waals surface area contributed by atoms with Crippen molar-refractivity contribution in [1.82, 2.24) is 4.90 Å². The van der Waals surface area contributed by atoms with Crippen LogP contribution in [-0.4, -0.2) is 60.4 Å². The molecule has 1 aromatic rings. The molecule has 0 aromatic heterocycles. The van der Waals surface area contributed by atoms with Crippen molar-refractivity contribution in [1.29, 1.82) is 0 Å². The molecule has 2 N–H and O–H groups in total. The van der Waals surface area contributed by atoms with E-state index in [1.165, 1.54) is 4.90 Å². The number of carbonyl (C=O) groups is 1. The summed E-state index contributed by atoms with van der Waals surface area (Å²) in [5.41, 5.74) is 2.25. The summed E-state index contributed by atoms with van der Waals surface area (Å²) in [6.45, 7) is 0.471. The molecule has 0 saturated carbocycles. The van der Waals surface area contributed by atoms with Crippen LogP contribution in [0.3, 0.4) is 0 Å². The van der Waals surface area contributed by atoms with Crippen LogP contribution in [0.15, 0.2) is 24.3 Å². The van der Waals surface area contributed by atoms with Crippen LogP contribution in [0.4, 0.5) is 5.69 Å². The lowest BCUT2D eigenvalue weighted by atomic mass is 10.1. The number of amides is 1. The van der Waals surface area contributed by atoms with Gasteiger partial charge in [0.05, 0.1) is 12.2 Å². The van der Waals surface area contributed by atoms with Gasteiger partial charge >= 0.3 is 0 Å². The fraction of sp³-hybridized carbons (Fsp3) is 0.533. The number of benzene rings is 1. The lowest BCUT2D eigenvalue weighted by Crippen LogP contribution is -2.29. The largest absolute Gasteiger partial charge is 0.388 e. The Morgan fingerprint density at radius 1 is 1.20 bits per heavy atom. The molecule has 1 heterocycles. The third-order valence-electron chi connectivity index (χ3n) is 3.69. The van der Waals surface area contributed by atoms with Gasteiger partial charge in [0.2, 0.25) is 5.91 Å². The molecule has 1 aliphatic heterocycles. The molecule has 2 atom stereocenters. The number of rotatable bonds is 4. The zero-order chi connectivity index (χ0) is 14.7. The van der Waals surface area contributed by atoms with Crippen molar-refractivity contribution in [2.45, 2.75) is 25.0 Å². The topological polar surface area (TPSA) is 64.0 Å². The van der Waals surface area contributed by atoms with E-state index in [1.807, 2.05) is 43.3 Å². The highest BCUT2D eigenvalue weighted by Crippen LogP contribution is 2.15. The summed E-state index contributed by atoms with van der Waals surface area (Å²) in [6, 6.07) is 8.11. The number of aryl methyl sites for hydroxylation is 1. The van der Waals surface area contributed by atoms with Crippen LogP contribution >= 0.6 is 0 Å². The number of hydrogen-bond acceptors (Lipinski definition) is 4. The summed E-state index contributed by atoms with van der Waals surface area (Å²) in [6.07, 6.45) is -0.535. The van der Waals surface area contributed by atoms with Crippen LogP contribution in [0.2, 0.25) is 0 Å². The van der Waals surface area contributed by atoms with Crippen LogP contribution in [0.1, 0.15) is 12.0 Å². The second kappa shape index (κ2) is 6.24. The van der Waals surface area contributed by atoms with Gasteiger partial charge in [-0.05, 0) is 24.1 Å². The average molecular weight is 278 g/mol. The van der Waals surface area contributed by atoms with Gasteiger partial charge in [-0.15, -0.1) is 0 Å². The Morgan fingerprint density at radius 2 is 1.75 bits per heavy atom. The van der Waals surface area contributed by atoms with E-state index in [-0.39, 0.29) is 19.0 Å². The minimum Gasteiger partial charge on any atom is -0.388 e. The third kappa shape index (κ3) is 3.49. The quantitative estimate of drug-likeness (QED) is 0.828. The van der Waals surface area contributed by atoms with Crippen LogP contribution in [-0.2, 0) is 11.2 Å². The molecule has 1 saturated heterocycles. The summed E-state index contributed by atoms with van der Waals surface area (Å²) >= 11 is 0. The summed E-state index contributed by atoms with van der Waals surface area (Å²) in [5.74, 6) is -0.0164. The van der Waals surface area contributed by atoms with E-state index in [2.05, 4.69) is 0 Å². The number of nitrogens with zero attached hydrogens (tertiary/aromatic N) is 2. The Bertz CT molecular complexity index is 449. The average Bonchev–Trinajstić information content (AvgIpc) is 2.76. The van der Waals surface area contributed by atoms with E-state index in [0.717, 1.165) is 11.3 Å². The van der Waals surface area contributed by atoms with E-state index < -0.39 is 12.2 Å². The zero-order valence-electron chi connectivity index (χ0n) is 12.0. The van der Waals surface area contributed by atoms with Crippen molar-refractivity contribution in [3.8, 4) is 0 Å². The van der Waals surface area contributed by atoms with Crippen molar-refractivity contribution >= 4 is 11.6 Å². The molecular formula is C15H22N2O3. The molecular weight excluding hydrogens is 256 g/mol. The Balaban J connectivity index is 1.84. The van der Waals surface area contributed by atoms with Crippen molar-refractivity contribution in [3.05, 3.63) is 29.8 Å². The first-order valence-corrected chi connectivity index (χ1v) is 6.87. The predicted molar refractivity (Wildman–Crippen MR) is 77.7 cm³/mol. The number of aliphatic hydroxyl groups excluding tert-OH is 2.